The first-order valence-electron chi connectivity index (χ1n) is 7.92. The fourth-order valence-electron chi connectivity index (χ4n) is 2.52. The summed E-state index contributed by atoms with van der Waals surface area (Å²) in [6, 6.07) is 25.0. The molecule has 0 saturated carbocycles. The Bertz CT molecular complexity index is 790. The minimum Gasteiger partial charge on any atom is -0.242 e. The molecule has 0 bridgehead atoms. The van der Waals surface area contributed by atoms with Gasteiger partial charge in [0.15, 0.2) is 0 Å². The highest BCUT2D eigenvalue weighted by Gasteiger charge is 2.09. The van der Waals surface area contributed by atoms with Gasteiger partial charge < -0.3 is 0 Å². The maximum Gasteiger partial charge on any atom is 0.129 e. The molecule has 3 aromatic rings. The molecule has 120 valence electrons. The predicted octanol–water partition coefficient (Wildman–Crippen LogP) is 6.76. The number of halogens is 2. The number of hydrogen-bond donors (Lipinski definition) is 0. The van der Waals surface area contributed by atoms with Crippen LogP contribution >= 0.6 is 11.6 Å². The van der Waals surface area contributed by atoms with Crippen LogP contribution in [-0.4, -0.2) is 0 Å². The van der Waals surface area contributed by atoms with E-state index in [2.05, 4.69) is 0 Å². The highest BCUT2D eigenvalue weighted by Crippen LogP contribution is 2.22. The lowest BCUT2D eigenvalue weighted by Gasteiger charge is -2.08. The van der Waals surface area contributed by atoms with Crippen LogP contribution in [0.25, 0.3) is 12.2 Å². The van der Waals surface area contributed by atoms with Crippen LogP contribution in [0.5, 0.6) is 0 Å². The Hall–Kier alpha value is -2.38. The van der Waals surface area contributed by atoms with Gasteiger partial charge in [-0.1, -0.05) is 90.5 Å². The van der Waals surface area contributed by atoms with Crippen molar-refractivity contribution in [3.63, 3.8) is 0 Å². The Kier molecular flexibility index (Phi) is 5.45. The molecule has 0 aliphatic carbocycles. The van der Waals surface area contributed by atoms with Crippen molar-refractivity contribution in [2.75, 3.05) is 0 Å². The first-order valence-corrected chi connectivity index (χ1v) is 8.30. The Morgan fingerprint density at radius 3 is 1.88 bits per heavy atom. The summed E-state index contributed by atoms with van der Waals surface area (Å²) in [7, 11) is 0. The molecule has 0 radical (unpaired) electrons. The molecule has 24 heavy (non-hydrogen) atoms. The van der Waals surface area contributed by atoms with Crippen LogP contribution in [-0.2, 0) is 6.42 Å². The molecule has 0 aromatic heterocycles. The Labute approximate surface area is 147 Å². The third-order valence-corrected chi connectivity index (χ3v) is 4.15. The molecule has 0 aliphatic heterocycles. The van der Waals surface area contributed by atoms with Gasteiger partial charge in [-0.25, -0.2) is 4.39 Å². The quantitative estimate of drug-likeness (QED) is 0.451. The van der Waals surface area contributed by atoms with Crippen LogP contribution in [0, 0.1) is 0 Å². The molecule has 0 amide bonds. The molecular weight excluding hydrogens is 319 g/mol. The zero-order valence-corrected chi connectivity index (χ0v) is 14.0. The average Bonchev–Trinajstić information content (AvgIpc) is 2.63. The number of alkyl halides is 1. The first kappa shape index (κ1) is 16.5. The normalized spacial score (nSPS) is 12.4. The van der Waals surface area contributed by atoms with E-state index < -0.39 is 6.17 Å². The molecule has 0 N–H and O–H groups in total. The molecule has 3 aromatic carbocycles. The average molecular weight is 337 g/mol. The Balaban J connectivity index is 1.64. The van der Waals surface area contributed by atoms with Crippen molar-refractivity contribution in [2.24, 2.45) is 0 Å². The van der Waals surface area contributed by atoms with E-state index in [4.69, 9.17) is 11.6 Å². The van der Waals surface area contributed by atoms with Crippen molar-refractivity contribution >= 4 is 23.8 Å². The molecule has 0 nitrogen and oxygen atoms in total. The second-order valence-electron chi connectivity index (χ2n) is 5.71. The Morgan fingerprint density at radius 2 is 1.29 bits per heavy atom. The van der Waals surface area contributed by atoms with E-state index >= 15 is 0 Å². The second-order valence-corrected chi connectivity index (χ2v) is 6.15. The van der Waals surface area contributed by atoms with Gasteiger partial charge in [-0.15, -0.1) is 0 Å². The monoisotopic (exact) mass is 336 g/mol. The molecule has 3 rings (SSSR count). The fraction of sp³-hybridized carbons (Fsp3) is 0.0909. The van der Waals surface area contributed by atoms with Crippen molar-refractivity contribution in [3.05, 3.63) is 106 Å². The minimum atomic E-state index is -0.971. The van der Waals surface area contributed by atoms with Crippen molar-refractivity contribution in [1.82, 2.24) is 0 Å². The molecule has 0 saturated heterocycles. The maximum atomic E-state index is 14.3. The lowest BCUT2D eigenvalue weighted by molar-refractivity contribution is 0.342. The smallest absolute Gasteiger partial charge is 0.129 e. The van der Waals surface area contributed by atoms with Gasteiger partial charge in [-0.2, -0.15) is 0 Å². The Morgan fingerprint density at radius 1 is 0.750 bits per heavy atom. The third-order valence-electron chi connectivity index (χ3n) is 3.89. The van der Waals surface area contributed by atoms with Gasteiger partial charge >= 0.3 is 0 Å². The van der Waals surface area contributed by atoms with E-state index in [1.165, 1.54) is 0 Å². The first-order chi connectivity index (χ1) is 11.7. The number of benzene rings is 3. The lowest BCUT2D eigenvalue weighted by Crippen LogP contribution is -1.96. The van der Waals surface area contributed by atoms with Crippen molar-refractivity contribution < 1.29 is 4.39 Å². The molecule has 0 heterocycles. The van der Waals surface area contributed by atoms with Gasteiger partial charge in [0.1, 0.15) is 6.17 Å². The molecule has 1 atom stereocenters. The highest BCUT2D eigenvalue weighted by atomic mass is 35.5. The van der Waals surface area contributed by atoms with Gasteiger partial charge in [-0.3, -0.25) is 0 Å². The highest BCUT2D eigenvalue weighted by molar-refractivity contribution is 6.30. The van der Waals surface area contributed by atoms with Crippen LogP contribution < -0.4 is 0 Å². The molecule has 1 unspecified atom stereocenters. The summed E-state index contributed by atoms with van der Waals surface area (Å²) in [5.41, 5.74) is 3.90. The minimum absolute atomic E-state index is 0.394. The number of hydrogen-bond acceptors (Lipinski definition) is 0. The van der Waals surface area contributed by atoms with E-state index in [-0.39, 0.29) is 0 Å². The van der Waals surface area contributed by atoms with Crippen LogP contribution in [0.4, 0.5) is 4.39 Å². The lowest BCUT2D eigenvalue weighted by atomic mass is 10.0. The molecule has 0 aliphatic rings. The standard InChI is InChI=1S/C22H18ClF/c23-21-14-12-18(13-15-21)7-6-17-8-10-19(11-9-17)16-22(24)20-4-2-1-3-5-20/h1-15,22H,16H2/b7-6+. The maximum absolute atomic E-state index is 14.3. The molecule has 0 fully saturated rings. The van der Waals surface area contributed by atoms with Crippen LogP contribution in [0.2, 0.25) is 5.02 Å². The van der Waals surface area contributed by atoms with Crippen molar-refractivity contribution in [3.8, 4) is 0 Å². The summed E-state index contributed by atoms with van der Waals surface area (Å²) in [6.45, 7) is 0. The largest absolute Gasteiger partial charge is 0.242 e. The molecule has 0 spiro atoms. The van der Waals surface area contributed by atoms with E-state index in [1.54, 1.807) is 0 Å². The molecule has 2 heteroatoms. The second kappa shape index (κ2) is 7.94. The van der Waals surface area contributed by atoms with E-state index in [9.17, 15) is 4.39 Å². The van der Waals surface area contributed by atoms with Crippen LogP contribution in [0.15, 0.2) is 78.9 Å². The molecular formula is C22H18ClF. The van der Waals surface area contributed by atoms with E-state index in [0.717, 1.165) is 27.3 Å². The van der Waals surface area contributed by atoms with Gasteiger partial charge in [-0.05, 0) is 34.4 Å². The fourth-order valence-corrected chi connectivity index (χ4v) is 2.64. The zero-order valence-electron chi connectivity index (χ0n) is 13.2. The van der Waals surface area contributed by atoms with Crippen LogP contribution in [0.3, 0.4) is 0 Å². The topological polar surface area (TPSA) is 0 Å². The van der Waals surface area contributed by atoms with E-state index in [1.807, 2.05) is 91.0 Å². The zero-order chi connectivity index (χ0) is 16.8. The summed E-state index contributed by atoms with van der Waals surface area (Å²) in [6.07, 6.45) is 3.50. The summed E-state index contributed by atoms with van der Waals surface area (Å²) < 4.78 is 14.3. The van der Waals surface area contributed by atoms with Gasteiger partial charge in [0.05, 0.1) is 0 Å². The summed E-state index contributed by atoms with van der Waals surface area (Å²) in [5, 5.41) is 0.732. The summed E-state index contributed by atoms with van der Waals surface area (Å²) >= 11 is 5.88. The van der Waals surface area contributed by atoms with Crippen molar-refractivity contribution in [1.29, 1.82) is 0 Å². The summed E-state index contributed by atoms with van der Waals surface area (Å²) in [4.78, 5) is 0. The SMILES string of the molecule is FC(Cc1ccc(/C=C/c2ccc(Cl)cc2)cc1)c1ccccc1. The van der Waals surface area contributed by atoms with Gasteiger partial charge in [0.25, 0.3) is 0 Å². The third kappa shape index (κ3) is 4.56. The van der Waals surface area contributed by atoms with Crippen LogP contribution in [0.1, 0.15) is 28.4 Å². The van der Waals surface area contributed by atoms with E-state index in [0.29, 0.717) is 6.42 Å². The van der Waals surface area contributed by atoms with Gasteiger partial charge in [0, 0.05) is 11.4 Å². The predicted molar refractivity (Wildman–Crippen MR) is 101 cm³/mol. The van der Waals surface area contributed by atoms with Crippen molar-refractivity contribution in [2.45, 2.75) is 12.6 Å². The van der Waals surface area contributed by atoms with Gasteiger partial charge in [0.2, 0.25) is 0 Å². The summed E-state index contributed by atoms with van der Waals surface area (Å²) in [5.74, 6) is 0. The number of rotatable bonds is 5.